The van der Waals surface area contributed by atoms with E-state index < -0.39 is 6.04 Å². The van der Waals surface area contributed by atoms with E-state index in [1.165, 1.54) is 18.2 Å². The fourth-order valence-electron chi connectivity index (χ4n) is 2.42. The topological polar surface area (TPSA) is 26.0 Å². The summed E-state index contributed by atoms with van der Waals surface area (Å²) in [4.78, 5) is 0. The highest BCUT2D eigenvalue weighted by atomic mass is 19.1. The van der Waals surface area contributed by atoms with Crippen LogP contribution in [0.4, 0.5) is 8.78 Å². The molecule has 0 saturated carbocycles. The van der Waals surface area contributed by atoms with Gasteiger partial charge in [0.25, 0.3) is 0 Å². The largest absolute Gasteiger partial charge is 0.324 e. The standard InChI is InChI=1S/C16H17F2N/c1-10-6-11(2)16(14(18)7-10)15(19)9-12-4-3-5-13(17)8-12/h3-8,15H,9,19H2,1-2H3. The van der Waals surface area contributed by atoms with Crippen molar-refractivity contribution >= 4 is 0 Å². The first kappa shape index (κ1) is 13.7. The van der Waals surface area contributed by atoms with Crippen LogP contribution in [-0.2, 0) is 6.42 Å². The second-order valence-electron chi connectivity index (χ2n) is 4.92. The van der Waals surface area contributed by atoms with E-state index >= 15 is 0 Å². The lowest BCUT2D eigenvalue weighted by molar-refractivity contribution is 0.574. The van der Waals surface area contributed by atoms with Gasteiger partial charge in [0, 0.05) is 11.6 Å². The Morgan fingerprint density at radius 1 is 1.11 bits per heavy atom. The van der Waals surface area contributed by atoms with Crippen molar-refractivity contribution in [2.75, 3.05) is 0 Å². The molecule has 100 valence electrons. The molecule has 0 aromatic heterocycles. The molecule has 0 spiro atoms. The molecule has 2 aromatic rings. The minimum atomic E-state index is -0.470. The zero-order chi connectivity index (χ0) is 14.0. The van der Waals surface area contributed by atoms with E-state index in [2.05, 4.69) is 0 Å². The van der Waals surface area contributed by atoms with Gasteiger partial charge in [-0.05, 0) is 55.2 Å². The first-order valence-electron chi connectivity index (χ1n) is 6.24. The van der Waals surface area contributed by atoms with Crippen LogP contribution in [0.3, 0.4) is 0 Å². The van der Waals surface area contributed by atoms with Gasteiger partial charge in [0.1, 0.15) is 11.6 Å². The van der Waals surface area contributed by atoms with Crippen molar-refractivity contribution in [1.82, 2.24) is 0 Å². The Bertz CT molecular complexity index is 570. The van der Waals surface area contributed by atoms with Gasteiger partial charge in [0.05, 0.1) is 0 Å². The average molecular weight is 261 g/mol. The third-order valence-electron chi connectivity index (χ3n) is 3.20. The Balaban J connectivity index is 2.28. The molecule has 0 heterocycles. The van der Waals surface area contributed by atoms with Gasteiger partial charge in [-0.1, -0.05) is 18.2 Å². The Morgan fingerprint density at radius 3 is 2.47 bits per heavy atom. The van der Waals surface area contributed by atoms with Crippen LogP contribution in [0.1, 0.15) is 28.3 Å². The summed E-state index contributed by atoms with van der Waals surface area (Å²) in [5.41, 5.74) is 9.05. The molecular weight excluding hydrogens is 244 g/mol. The number of nitrogens with two attached hydrogens (primary N) is 1. The maximum atomic E-state index is 14.0. The third kappa shape index (κ3) is 3.18. The minimum Gasteiger partial charge on any atom is -0.324 e. The Hall–Kier alpha value is -1.74. The van der Waals surface area contributed by atoms with Gasteiger partial charge < -0.3 is 5.73 Å². The van der Waals surface area contributed by atoms with Crippen molar-refractivity contribution in [1.29, 1.82) is 0 Å². The molecule has 0 aliphatic heterocycles. The molecule has 1 atom stereocenters. The fraction of sp³-hybridized carbons (Fsp3) is 0.250. The molecule has 1 unspecified atom stereocenters. The lowest BCUT2D eigenvalue weighted by Gasteiger charge is -2.16. The van der Waals surface area contributed by atoms with Crippen LogP contribution in [0.15, 0.2) is 36.4 Å². The fourth-order valence-corrected chi connectivity index (χ4v) is 2.42. The minimum absolute atomic E-state index is 0.290. The molecule has 0 saturated heterocycles. The van der Waals surface area contributed by atoms with Crippen molar-refractivity contribution in [2.45, 2.75) is 26.3 Å². The molecule has 0 radical (unpaired) electrons. The highest BCUT2D eigenvalue weighted by molar-refractivity contribution is 5.35. The normalized spacial score (nSPS) is 12.5. The highest BCUT2D eigenvalue weighted by Crippen LogP contribution is 2.24. The van der Waals surface area contributed by atoms with Gasteiger partial charge in [-0.15, -0.1) is 0 Å². The maximum Gasteiger partial charge on any atom is 0.128 e. The van der Waals surface area contributed by atoms with Crippen LogP contribution < -0.4 is 5.73 Å². The van der Waals surface area contributed by atoms with Gasteiger partial charge in [0.15, 0.2) is 0 Å². The van der Waals surface area contributed by atoms with Crippen LogP contribution in [-0.4, -0.2) is 0 Å². The summed E-state index contributed by atoms with van der Waals surface area (Å²) < 4.78 is 27.1. The van der Waals surface area contributed by atoms with Crippen LogP contribution in [0.2, 0.25) is 0 Å². The number of halogens is 2. The molecule has 0 aliphatic carbocycles. The van der Waals surface area contributed by atoms with E-state index in [0.717, 1.165) is 16.7 Å². The number of aryl methyl sites for hydroxylation is 2. The number of hydrogen-bond acceptors (Lipinski definition) is 1. The summed E-state index contributed by atoms with van der Waals surface area (Å²) in [5, 5.41) is 0. The maximum absolute atomic E-state index is 14.0. The van der Waals surface area contributed by atoms with Crippen molar-refractivity contribution in [2.24, 2.45) is 5.73 Å². The smallest absolute Gasteiger partial charge is 0.128 e. The second-order valence-corrected chi connectivity index (χ2v) is 4.92. The zero-order valence-electron chi connectivity index (χ0n) is 11.1. The third-order valence-corrected chi connectivity index (χ3v) is 3.20. The summed E-state index contributed by atoms with van der Waals surface area (Å²) in [6.07, 6.45) is 0.415. The summed E-state index contributed by atoms with van der Waals surface area (Å²) in [5.74, 6) is -0.591. The Labute approximate surface area is 112 Å². The van der Waals surface area contributed by atoms with E-state index in [1.807, 2.05) is 19.9 Å². The lowest BCUT2D eigenvalue weighted by atomic mass is 9.94. The van der Waals surface area contributed by atoms with E-state index in [9.17, 15) is 8.78 Å². The van der Waals surface area contributed by atoms with Gasteiger partial charge in [-0.3, -0.25) is 0 Å². The zero-order valence-corrected chi connectivity index (χ0v) is 11.1. The molecule has 2 N–H and O–H groups in total. The van der Waals surface area contributed by atoms with E-state index in [4.69, 9.17) is 5.73 Å². The van der Waals surface area contributed by atoms with Gasteiger partial charge in [-0.2, -0.15) is 0 Å². The molecule has 0 bridgehead atoms. The molecule has 1 nitrogen and oxygen atoms in total. The van der Waals surface area contributed by atoms with Crippen LogP contribution in [0.25, 0.3) is 0 Å². The SMILES string of the molecule is Cc1cc(C)c(C(N)Cc2cccc(F)c2)c(F)c1. The molecular formula is C16H17F2N. The van der Waals surface area contributed by atoms with Crippen molar-refractivity contribution in [3.63, 3.8) is 0 Å². The van der Waals surface area contributed by atoms with E-state index in [-0.39, 0.29) is 11.6 Å². The summed E-state index contributed by atoms with van der Waals surface area (Å²) >= 11 is 0. The Morgan fingerprint density at radius 2 is 1.84 bits per heavy atom. The predicted molar refractivity (Wildman–Crippen MR) is 72.9 cm³/mol. The van der Waals surface area contributed by atoms with Crippen molar-refractivity contribution in [3.05, 3.63) is 70.3 Å². The quantitative estimate of drug-likeness (QED) is 0.893. The molecule has 2 rings (SSSR count). The molecule has 0 aliphatic rings. The van der Waals surface area contributed by atoms with Crippen molar-refractivity contribution in [3.8, 4) is 0 Å². The monoisotopic (exact) mass is 261 g/mol. The number of benzene rings is 2. The Kier molecular flexibility index (Phi) is 3.96. The number of rotatable bonds is 3. The van der Waals surface area contributed by atoms with Gasteiger partial charge in [-0.25, -0.2) is 8.78 Å². The van der Waals surface area contributed by atoms with Gasteiger partial charge in [0.2, 0.25) is 0 Å². The lowest BCUT2D eigenvalue weighted by Crippen LogP contribution is -2.16. The predicted octanol–water partition coefficient (Wildman–Crippen LogP) is 3.82. The number of hydrogen-bond donors (Lipinski definition) is 1. The average Bonchev–Trinajstić information content (AvgIpc) is 2.27. The summed E-state index contributed by atoms with van der Waals surface area (Å²) in [6.45, 7) is 3.69. The van der Waals surface area contributed by atoms with E-state index in [1.54, 1.807) is 12.1 Å². The summed E-state index contributed by atoms with van der Waals surface area (Å²) in [7, 11) is 0. The van der Waals surface area contributed by atoms with Crippen molar-refractivity contribution < 1.29 is 8.78 Å². The molecule has 2 aromatic carbocycles. The molecule has 0 amide bonds. The van der Waals surface area contributed by atoms with E-state index in [0.29, 0.717) is 12.0 Å². The first-order chi connectivity index (χ1) is 8.97. The van der Waals surface area contributed by atoms with Crippen LogP contribution in [0.5, 0.6) is 0 Å². The van der Waals surface area contributed by atoms with Crippen LogP contribution >= 0.6 is 0 Å². The summed E-state index contributed by atoms with van der Waals surface area (Å²) in [6, 6.07) is 9.16. The molecule has 0 fully saturated rings. The van der Waals surface area contributed by atoms with Crippen LogP contribution in [0, 0.1) is 25.5 Å². The molecule has 19 heavy (non-hydrogen) atoms. The molecule has 3 heteroatoms. The highest BCUT2D eigenvalue weighted by Gasteiger charge is 2.15. The van der Waals surface area contributed by atoms with Gasteiger partial charge >= 0.3 is 0 Å². The second kappa shape index (κ2) is 5.49. The first-order valence-corrected chi connectivity index (χ1v) is 6.24.